The minimum atomic E-state index is -3.77. The molecule has 2 aliphatic heterocycles. The number of aliphatic imine (C=N–C) groups is 1. The van der Waals surface area contributed by atoms with Gasteiger partial charge in [-0.15, -0.1) is 0 Å². The number of hydrogen-bond donors (Lipinski definition) is 1. The number of carbonyl (C=O) groups excluding carboxylic acids is 2. The first kappa shape index (κ1) is 27.5. The number of rotatable bonds is 8. The number of nitrogens with zero attached hydrogens (tertiary/aromatic N) is 3. The third kappa shape index (κ3) is 6.50. The lowest BCUT2D eigenvalue weighted by Gasteiger charge is -2.26. The molecule has 2 aliphatic rings. The van der Waals surface area contributed by atoms with Crippen molar-refractivity contribution in [3.05, 3.63) is 53.3 Å². The number of thioether (sulfide) groups is 1. The predicted molar refractivity (Wildman–Crippen MR) is 141 cm³/mol. The molecule has 0 spiro atoms. The van der Waals surface area contributed by atoms with Crippen molar-refractivity contribution in [3.8, 4) is 0 Å². The van der Waals surface area contributed by atoms with Crippen molar-refractivity contribution in [1.29, 1.82) is 0 Å². The number of hydrogen-bond acceptors (Lipinski definition) is 7. The Kier molecular flexibility index (Phi) is 8.86. The normalized spacial score (nSPS) is 20.0. The van der Waals surface area contributed by atoms with E-state index in [4.69, 9.17) is 16.3 Å². The van der Waals surface area contributed by atoms with Crippen LogP contribution in [0.15, 0.2) is 52.4 Å². The van der Waals surface area contributed by atoms with Crippen molar-refractivity contribution in [1.82, 2.24) is 9.21 Å². The summed E-state index contributed by atoms with van der Waals surface area (Å²) in [6.45, 7) is 3.44. The summed E-state index contributed by atoms with van der Waals surface area (Å²) in [5.74, 6) is -1.09. The van der Waals surface area contributed by atoms with E-state index < -0.39 is 27.0 Å². The standard InChI is InChI=1S/C24H26ClFN4O5S2/c1-2-9-30-23(32)21(15-22(31)27-17-5-3-16(26)4-6-17)36-24(30)28-20-14-18(7-8-19(20)25)37(33,34)29-10-12-35-13-11-29/h3-8,14,21H,2,9-13,15H2,1H3,(H,27,31)/t21-/m1/s1. The number of anilines is 1. The van der Waals surface area contributed by atoms with Crippen LogP contribution in [-0.2, 0) is 24.3 Å². The molecular formula is C24H26ClFN4O5S2. The van der Waals surface area contributed by atoms with Crippen molar-refractivity contribution in [2.45, 2.75) is 29.9 Å². The maximum atomic E-state index is 13.1. The third-order valence-electron chi connectivity index (χ3n) is 5.71. The van der Waals surface area contributed by atoms with Gasteiger partial charge in [0.05, 0.1) is 28.8 Å². The van der Waals surface area contributed by atoms with Crippen molar-refractivity contribution in [2.24, 2.45) is 4.99 Å². The summed E-state index contributed by atoms with van der Waals surface area (Å²) in [4.78, 5) is 31.7. The van der Waals surface area contributed by atoms with Gasteiger partial charge in [0, 0.05) is 31.7 Å². The molecule has 0 bridgehead atoms. The molecule has 0 radical (unpaired) electrons. The largest absolute Gasteiger partial charge is 0.379 e. The molecule has 0 saturated carbocycles. The fourth-order valence-electron chi connectivity index (χ4n) is 3.85. The summed E-state index contributed by atoms with van der Waals surface area (Å²) < 4.78 is 45.9. The highest BCUT2D eigenvalue weighted by Crippen LogP contribution is 2.35. The van der Waals surface area contributed by atoms with Crippen LogP contribution in [-0.4, -0.2) is 72.7 Å². The van der Waals surface area contributed by atoms with E-state index >= 15 is 0 Å². The minimum absolute atomic E-state index is 0.0461. The van der Waals surface area contributed by atoms with E-state index in [0.717, 1.165) is 11.8 Å². The second-order valence-corrected chi connectivity index (χ2v) is 11.9. The molecule has 0 unspecified atom stereocenters. The van der Waals surface area contributed by atoms with E-state index in [1.54, 1.807) is 0 Å². The molecule has 1 N–H and O–H groups in total. The highest BCUT2D eigenvalue weighted by molar-refractivity contribution is 8.15. The van der Waals surface area contributed by atoms with Crippen LogP contribution < -0.4 is 5.32 Å². The Balaban J connectivity index is 1.55. The molecule has 2 saturated heterocycles. The molecule has 198 valence electrons. The molecule has 2 heterocycles. The Morgan fingerprint density at radius 1 is 1.22 bits per heavy atom. The minimum Gasteiger partial charge on any atom is -0.379 e. The molecule has 13 heteroatoms. The summed E-state index contributed by atoms with van der Waals surface area (Å²) in [7, 11) is -3.77. The van der Waals surface area contributed by atoms with Gasteiger partial charge in [-0.25, -0.2) is 17.8 Å². The zero-order valence-electron chi connectivity index (χ0n) is 20.0. The van der Waals surface area contributed by atoms with Gasteiger partial charge in [-0.3, -0.25) is 14.5 Å². The molecule has 1 atom stereocenters. The Bertz CT molecular complexity index is 1300. The van der Waals surface area contributed by atoms with Crippen molar-refractivity contribution >= 4 is 61.7 Å². The topological polar surface area (TPSA) is 108 Å². The number of benzene rings is 2. The van der Waals surface area contributed by atoms with Crippen molar-refractivity contribution in [2.75, 3.05) is 38.2 Å². The molecule has 0 aromatic heterocycles. The molecule has 4 rings (SSSR count). The van der Waals surface area contributed by atoms with Gasteiger partial charge in [-0.2, -0.15) is 4.31 Å². The average Bonchev–Trinajstić information content (AvgIpc) is 3.16. The lowest BCUT2D eigenvalue weighted by atomic mass is 10.2. The van der Waals surface area contributed by atoms with Crippen LogP contribution in [0.3, 0.4) is 0 Å². The number of morpholine rings is 1. The lowest BCUT2D eigenvalue weighted by molar-refractivity contribution is -0.128. The SMILES string of the molecule is CCCN1C(=O)[C@@H](CC(=O)Nc2ccc(F)cc2)SC1=Nc1cc(S(=O)(=O)N2CCOCC2)ccc1Cl. The van der Waals surface area contributed by atoms with Gasteiger partial charge in [-0.05, 0) is 48.9 Å². The average molecular weight is 569 g/mol. The number of amides is 2. The number of nitrogens with one attached hydrogen (secondary N) is 1. The van der Waals surface area contributed by atoms with Crippen LogP contribution in [0.4, 0.5) is 15.8 Å². The van der Waals surface area contributed by atoms with Crippen LogP contribution in [0.2, 0.25) is 5.02 Å². The second-order valence-electron chi connectivity index (χ2n) is 8.38. The lowest BCUT2D eigenvalue weighted by Crippen LogP contribution is -2.40. The van der Waals surface area contributed by atoms with Gasteiger partial charge in [0.25, 0.3) is 0 Å². The summed E-state index contributed by atoms with van der Waals surface area (Å²) in [6, 6.07) is 9.62. The number of amidine groups is 1. The zero-order valence-corrected chi connectivity index (χ0v) is 22.4. The van der Waals surface area contributed by atoms with Gasteiger partial charge in [0.2, 0.25) is 21.8 Å². The quantitative estimate of drug-likeness (QED) is 0.518. The van der Waals surface area contributed by atoms with E-state index in [-0.39, 0.29) is 41.0 Å². The molecular weight excluding hydrogens is 543 g/mol. The smallest absolute Gasteiger partial charge is 0.243 e. The molecule has 0 aliphatic carbocycles. The van der Waals surface area contributed by atoms with Gasteiger partial charge in [0.1, 0.15) is 11.1 Å². The van der Waals surface area contributed by atoms with E-state index in [1.165, 1.54) is 51.7 Å². The van der Waals surface area contributed by atoms with Crippen molar-refractivity contribution < 1.29 is 27.1 Å². The Morgan fingerprint density at radius 2 is 1.92 bits per heavy atom. The predicted octanol–water partition coefficient (Wildman–Crippen LogP) is 3.87. The molecule has 2 amide bonds. The molecule has 2 fully saturated rings. The van der Waals surface area contributed by atoms with Gasteiger partial charge in [-0.1, -0.05) is 30.3 Å². The van der Waals surface area contributed by atoms with Crippen LogP contribution >= 0.6 is 23.4 Å². The number of carbonyl (C=O) groups is 2. The number of ether oxygens (including phenoxy) is 1. The maximum Gasteiger partial charge on any atom is 0.243 e. The van der Waals surface area contributed by atoms with Crippen LogP contribution in [0.5, 0.6) is 0 Å². The first-order valence-corrected chi connectivity index (χ1v) is 14.4. The maximum absolute atomic E-state index is 13.1. The number of sulfonamides is 1. The first-order valence-electron chi connectivity index (χ1n) is 11.7. The molecule has 9 nitrogen and oxygen atoms in total. The highest BCUT2D eigenvalue weighted by atomic mass is 35.5. The molecule has 2 aromatic carbocycles. The molecule has 37 heavy (non-hydrogen) atoms. The third-order valence-corrected chi connectivity index (χ3v) is 9.10. The Morgan fingerprint density at radius 3 is 2.59 bits per heavy atom. The summed E-state index contributed by atoms with van der Waals surface area (Å²) in [5.41, 5.74) is 0.634. The van der Waals surface area contributed by atoms with E-state index in [9.17, 15) is 22.4 Å². The van der Waals surface area contributed by atoms with Crippen LogP contribution in [0.25, 0.3) is 0 Å². The van der Waals surface area contributed by atoms with E-state index in [1.807, 2.05) is 6.92 Å². The fourth-order valence-corrected chi connectivity index (χ4v) is 6.61. The monoisotopic (exact) mass is 568 g/mol. The first-order chi connectivity index (χ1) is 17.7. The Hall–Kier alpha value is -2.51. The summed E-state index contributed by atoms with van der Waals surface area (Å²) in [6.07, 6.45) is 0.540. The summed E-state index contributed by atoms with van der Waals surface area (Å²) in [5, 5.41) is 2.52. The Labute approximate surface area is 224 Å². The van der Waals surface area contributed by atoms with Gasteiger partial charge >= 0.3 is 0 Å². The van der Waals surface area contributed by atoms with Crippen LogP contribution in [0, 0.1) is 5.82 Å². The molecule has 2 aromatic rings. The van der Waals surface area contributed by atoms with Crippen LogP contribution in [0.1, 0.15) is 19.8 Å². The highest BCUT2D eigenvalue weighted by Gasteiger charge is 2.39. The number of halogens is 2. The zero-order chi connectivity index (χ0) is 26.6. The van der Waals surface area contributed by atoms with Gasteiger partial charge < -0.3 is 10.1 Å². The van der Waals surface area contributed by atoms with Gasteiger partial charge in [0.15, 0.2) is 5.17 Å². The van der Waals surface area contributed by atoms with Crippen molar-refractivity contribution in [3.63, 3.8) is 0 Å². The fraction of sp³-hybridized carbons (Fsp3) is 0.375. The second kappa shape index (κ2) is 11.9. The van der Waals surface area contributed by atoms with E-state index in [0.29, 0.717) is 37.0 Å². The van der Waals surface area contributed by atoms with E-state index in [2.05, 4.69) is 10.3 Å². The summed E-state index contributed by atoms with van der Waals surface area (Å²) >= 11 is 7.48.